The molecular formula is C29H22F3NO3. The second-order valence-electron chi connectivity index (χ2n) is 8.17. The third-order valence-electron chi connectivity index (χ3n) is 5.62. The molecule has 0 saturated heterocycles. The van der Waals surface area contributed by atoms with Gasteiger partial charge in [-0.05, 0) is 65.6 Å². The molecule has 0 bridgehead atoms. The lowest BCUT2D eigenvalue weighted by Gasteiger charge is -2.14. The van der Waals surface area contributed by atoms with E-state index in [0.29, 0.717) is 33.5 Å². The van der Waals surface area contributed by atoms with Gasteiger partial charge in [0.15, 0.2) is 0 Å². The van der Waals surface area contributed by atoms with Gasteiger partial charge in [0.05, 0.1) is 11.1 Å². The van der Waals surface area contributed by atoms with Crippen molar-refractivity contribution in [2.75, 3.05) is 5.32 Å². The van der Waals surface area contributed by atoms with E-state index < -0.39 is 23.6 Å². The van der Waals surface area contributed by atoms with Gasteiger partial charge in [-0.2, -0.15) is 13.2 Å². The van der Waals surface area contributed by atoms with E-state index in [9.17, 15) is 22.8 Å². The van der Waals surface area contributed by atoms with Gasteiger partial charge in [-0.3, -0.25) is 4.79 Å². The van der Waals surface area contributed by atoms with Crippen LogP contribution in [0, 0.1) is 6.92 Å². The minimum Gasteiger partial charge on any atom is -0.457 e. The van der Waals surface area contributed by atoms with Crippen LogP contribution in [0.3, 0.4) is 0 Å². The second kappa shape index (κ2) is 10.5. The van der Waals surface area contributed by atoms with E-state index in [1.165, 1.54) is 12.1 Å². The van der Waals surface area contributed by atoms with Gasteiger partial charge in [0.2, 0.25) is 0 Å². The molecule has 4 rings (SSSR count). The van der Waals surface area contributed by atoms with Gasteiger partial charge >= 0.3 is 12.1 Å². The molecule has 4 nitrogen and oxygen atoms in total. The van der Waals surface area contributed by atoms with Crippen molar-refractivity contribution in [1.29, 1.82) is 0 Å². The van der Waals surface area contributed by atoms with Crippen molar-refractivity contribution >= 4 is 17.6 Å². The Morgan fingerprint density at radius 3 is 2.17 bits per heavy atom. The van der Waals surface area contributed by atoms with Gasteiger partial charge in [-0.1, -0.05) is 60.7 Å². The van der Waals surface area contributed by atoms with E-state index in [1.54, 1.807) is 49.4 Å². The number of carbonyl (C=O) groups excluding carboxylic acids is 2. The zero-order valence-electron chi connectivity index (χ0n) is 19.3. The summed E-state index contributed by atoms with van der Waals surface area (Å²) in [7, 11) is 0. The number of rotatable bonds is 6. The molecule has 0 spiro atoms. The standard InChI is InChI=1S/C29H22F3NO3/c1-19-17-22(28(35)36-18-20-7-3-2-4-8-20)13-16-26(19)33-27(34)25-10-6-5-9-24(25)21-11-14-23(15-12-21)29(30,31)32/h2-17H,18H2,1H3,(H,33,34). The predicted octanol–water partition coefficient (Wildman–Crippen LogP) is 7.29. The fourth-order valence-corrected chi connectivity index (χ4v) is 3.70. The molecule has 36 heavy (non-hydrogen) atoms. The number of carbonyl (C=O) groups is 2. The van der Waals surface area contributed by atoms with Crippen LogP contribution >= 0.6 is 0 Å². The molecule has 0 radical (unpaired) electrons. The topological polar surface area (TPSA) is 55.4 Å². The first-order valence-electron chi connectivity index (χ1n) is 11.1. The number of nitrogens with one attached hydrogen (secondary N) is 1. The zero-order chi connectivity index (χ0) is 25.7. The van der Waals surface area contributed by atoms with E-state index in [4.69, 9.17) is 4.74 Å². The van der Waals surface area contributed by atoms with Crippen LogP contribution in [0.2, 0.25) is 0 Å². The van der Waals surface area contributed by atoms with Crippen LogP contribution in [-0.4, -0.2) is 11.9 Å². The van der Waals surface area contributed by atoms with Crippen LogP contribution in [0.5, 0.6) is 0 Å². The summed E-state index contributed by atoms with van der Waals surface area (Å²) in [4.78, 5) is 25.5. The quantitative estimate of drug-likeness (QED) is 0.289. The normalized spacial score (nSPS) is 11.1. The molecule has 182 valence electrons. The van der Waals surface area contributed by atoms with Crippen LogP contribution in [-0.2, 0) is 17.5 Å². The minimum atomic E-state index is -4.44. The summed E-state index contributed by atoms with van der Waals surface area (Å²) in [5, 5.41) is 2.83. The van der Waals surface area contributed by atoms with E-state index in [1.807, 2.05) is 30.3 Å². The van der Waals surface area contributed by atoms with Crippen LogP contribution in [0.4, 0.5) is 18.9 Å². The predicted molar refractivity (Wildman–Crippen MR) is 132 cm³/mol. The second-order valence-corrected chi connectivity index (χ2v) is 8.17. The summed E-state index contributed by atoms with van der Waals surface area (Å²) in [6.07, 6.45) is -4.44. The van der Waals surface area contributed by atoms with E-state index in [2.05, 4.69) is 5.32 Å². The van der Waals surface area contributed by atoms with Crippen molar-refractivity contribution in [1.82, 2.24) is 0 Å². The summed E-state index contributed by atoms with van der Waals surface area (Å²) in [5.41, 5.74) is 2.93. The van der Waals surface area contributed by atoms with Crippen LogP contribution in [0.1, 0.15) is 37.4 Å². The Morgan fingerprint density at radius 1 is 0.833 bits per heavy atom. The van der Waals surface area contributed by atoms with E-state index in [-0.39, 0.29) is 6.61 Å². The van der Waals surface area contributed by atoms with Crippen LogP contribution < -0.4 is 5.32 Å². The van der Waals surface area contributed by atoms with Crippen molar-refractivity contribution in [3.63, 3.8) is 0 Å². The van der Waals surface area contributed by atoms with Crippen molar-refractivity contribution in [3.8, 4) is 11.1 Å². The lowest BCUT2D eigenvalue weighted by atomic mass is 9.98. The molecule has 0 aliphatic rings. The SMILES string of the molecule is Cc1cc(C(=O)OCc2ccccc2)ccc1NC(=O)c1ccccc1-c1ccc(C(F)(F)F)cc1. The number of amides is 1. The highest BCUT2D eigenvalue weighted by molar-refractivity contribution is 6.09. The highest BCUT2D eigenvalue weighted by atomic mass is 19.4. The first-order chi connectivity index (χ1) is 17.2. The monoisotopic (exact) mass is 489 g/mol. The Bertz CT molecular complexity index is 1380. The molecule has 0 unspecified atom stereocenters. The average molecular weight is 489 g/mol. The van der Waals surface area contributed by atoms with E-state index >= 15 is 0 Å². The maximum absolute atomic E-state index is 13.1. The summed E-state index contributed by atoms with van der Waals surface area (Å²) < 4.78 is 44.1. The lowest BCUT2D eigenvalue weighted by molar-refractivity contribution is -0.137. The van der Waals surface area contributed by atoms with Crippen LogP contribution in [0.25, 0.3) is 11.1 Å². The number of aryl methyl sites for hydroxylation is 1. The Kier molecular flexibility index (Phi) is 7.20. The smallest absolute Gasteiger partial charge is 0.416 e. The maximum Gasteiger partial charge on any atom is 0.416 e. The first-order valence-corrected chi connectivity index (χ1v) is 11.1. The molecule has 0 heterocycles. The third kappa shape index (κ3) is 5.81. The zero-order valence-corrected chi connectivity index (χ0v) is 19.3. The Hall–Kier alpha value is -4.39. The van der Waals surface area contributed by atoms with Crippen molar-refractivity contribution < 1.29 is 27.5 Å². The Morgan fingerprint density at radius 2 is 1.50 bits per heavy atom. The highest BCUT2D eigenvalue weighted by Gasteiger charge is 2.30. The number of ether oxygens (including phenoxy) is 1. The van der Waals surface area contributed by atoms with Gasteiger partial charge in [-0.15, -0.1) is 0 Å². The highest BCUT2D eigenvalue weighted by Crippen LogP contribution is 2.32. The summed E-state index contributed by atoms with van der Waals surface area (Å²) >= 11 is 0. The van der Waals surface area contributed by atoms with Gasteiger partial charge in [0, 0.05) is 11.3 Å². The average Bonchev–Trinajstić information content (AvgIpc) is 2.88. The number of halogens is 3. The van der Waals surface area contributed by atoms with Crippen molar-refractivity contribution in [2.24, 2.45) is 0 Å². The molecule has 0 aliphatic carbocycles. The molecular weight excluding hydrogens is 467 g/mol. The summed E-state index contributed by atoms with van der Waals surface area (Å²) in [6, 6.07) is 25.5. The summed E-state index contributed by atoms with van der Waals surface area (Å²) in [5.74, 6) is -0.902. The largest absolute Gasteiger partial charge is 0.457 e. The molecule has 1 amide bonds. The Balaban J connectivity index is 1.49. The number of hydrogen-bond donors (Lipinski definition) is 1. The van der Waals surface area contributed by atoms with Crippen LogP contribution in [0.15, 0.2) is 97.1 Å². The molecule has 0 aliphatic heterocycles. The number of benzene rings is 4. The van der Waals surface area contributed by atoms with Gasteiger partial charge in [-0.25, -0.2) is 4.79 Å². The minimum absolute atomic E-state index is 0.151. The molecule has 0 aromatic heterocycles. The lowest BCUT2D eigenvalue weighted by Crippen LogP contribution is -2.14. The van der Waals surface area contributed by atoms with Crippen molar-refractivity contribution in [3.05, 3.63) is 125 Å². The number of hydrogen-bond acceptors (Lipinski definition) is 3. The first kappa shape index (κ1) is 24.7. The summed E-state index contributed by atoms with van der Waals surface area (Å²) in [6.45, 7) is 1.91. The maximum atomic E-state index is 13.1. The fourth-order valence-electron chi connectivity index (χ4n) is 3.70. The van der Waals surface area contributed by atoms with Gasteiger partial charge in [0.25, 0.3) is 5.91 Å². The fraction of sp³-hybridized carbons (Fsp3) is 0.103. The molecule has 4 aromatic rings. The van der Waals surface area contributed by atoms with Crippen molar-refractivity contribution in [2.45, 2.75) is 19.7 Å². The molecule has 0 fully saturated rings. The van der Waals surface area contributed by atoms with Gasteiger partial charge in [0.1, 0.15) is 6.61 Å². The molecule has 1 N–H and O–H groups in total. The number of esters is 1. The molecule has 0 saturated carbocycles. The molecule has 7 heteroatoms. The Labute approximate surface area is 206 Å². The number of alkyl halides is 3. The number of anilines is 1. The van der Waals surface area contributed by atoms with E-state index in [0.717, 1.165) is 17.7 Å². The van der Waals surface area contributed by atoms with Gasteiger partial charge < -0.3 is 10.1 Å². The third-order valence-corrected chi connectivity index (χ3v) is 5.62. The molecule has 0 atom stereocenters. The molecule has 4 aromatic carbocycles.